The molecule has 4 heteroatoms. The van der Waals surface area contributed by atoms with Gasteiger partial charge in [0.1, 0.15) is 5.82 Å². The Labute approximate surface area is 149 Å². The first-order chi connectivity index (χ1) is 11.9. The summed E-state index contributed by atoms with van der Waals surface area (Å²) in [5, 5.41) is 6.74. The molecule has 0 aliphatic rings. The molecule has 0 atom stereocenters. The van der Waals surface area contributed by atoms with Gasteiger partial charge in [0.2, 0.25) is 5.95 Å². The van der Waals surface area contributed by atoms with E-state index in [-0.39, 0.29) is 5.54 Å². The Balaban J connectivity index is 1.98. The highest BCUT2D eigenvalue weighted by molar-refractivity contribution is 5.67. The molecule has 0 unspecified atom stereocenters. The SMILES string of the molecule is Cc1ccc(Nc2cc(-c3ccccc3)nc(NC(C)(C)C)n2)cc1. The Morgan fingerprint density at radius 2 is 1.52 bits per heavy atom. The highest BCUT2D eigenvalue weighted by Crippen LogP contribution is 2.24. The Morgan fingerprint density at radius 1 is 0.840 bits per heavy atom. The highest BCUT2D eigenvalue weighted by atomic mass is 15.2. The number of anilines is 3. The molecule has 25 heavy (non-hydrogen) atoms. The zero-order chi connectivity index (χ0) is 17.9. The van der Waals surface area contributed by atoms with Crippen molar-refractivity contribution in [2.75, 3.05) is 10.6 Å². The molecule has 0 bridgehead atoms. The molecule has 0 fully saturated rings. The Kier molecular flexibility index (Phi) is 4.70. The number of benzene rings is 2. The van der Waals surface area contributed by atoms with Crippen molar-refractivity contribution in [1.29, 1.82) is 0 Å². The van der Waals surface area contributed by atoms with Crippen LogP contribution in [0.3, 0.4) is 0 Å². The third-order valence-corrected chi connectivity index (χ3v) is 3.61. The topological polar surface area (TPSA) is 49.8 Å². The van der Waals surface area contributed by atoms with Gasteiger partial charge in [-0.25, -0.2) is 4.98 Å². The summed E-state index contributed by atoms with van der Waals surface area (Å²) >= 11 is 0. The van der Waals surface area contributed by atoms with Gasteiger partial charge in [-0.1, -0.05) is 48.0 Å². The van der Waals surface area contributed by atoms with Crippen LogP contribution in [0.2, 0.25) is 0 Å². The summed E-state index contributed by atoms with van der Waals surface area (Å²) in [5.41, 5.74) is 4.07. The van der Waals surface area contributed by atoms with Crippen LogP contribution in [-0.2, 0) is 0 Å². The summed E-state index contributed by atoms with van der Waals surface area (Å²) in [7, 11) is 0. The Hall–Kier alpha value is -2.88. The van der Waals surface area contributed by atoms with Crippen molar-refractivity contribution in [1.82, 2.24) is 9.97 Å². The van der Waals surface area contributed by atoms with E-state index in [9.17, 15) is 0 Å². The van der Waals surface area contributed by atoms with E-state index < -0.39 is 0 Å². The third kappa shape index (κ3) is 4.80. The van der Waals surface area contributed by atoms with Crippen LogP contribution in [0.15, 0.2) is 60.7 Å². The number of nitrogens with one attached hydrogen (secondary N) is 2. The normalized spacial score (nSPS) is 11.2. The summed E-state index contributed by atoms with van der Waals surface area (Å²) in [6.45, 7) is 8.36. The molecular formula is C21H24N4. The number of rotatable bonds is 4. The van der Waals surface area contributed by atoms with Crippen LogP contribution in [-0.4, -0.2) is 15.5 Å². The van der Waals surface area contributed by atoms with Gasteiger partial charge in [0.15, 0.2) is 0 Å². The molecule has 0 aliphatic heterocycles. The lowest BCUT2D eigenvalue weighted by molar-refractivity contribution is 0.626. The van der Waals surface area contributed by atoms with Crippen molar-refractivity contribution in [3.8, 4) is 11.3 Å². The van der Waals surface area contributed by atoms with Gasteiger partial charge in [-0.3, -0.25) is 0 Å². The first-order valence-corrected chi connectivity index (χ1v) is 8.45. The van der Waals surface area contributed by atoms with E-state index >= 15 is 0 Å². The number of aryl methyl sites for hydroxylation is 1. The zero-order valence-corrected chi connectivity index (χ0v) is 15.2. The van der Waals surface area contributed by atoms with Crippen molar-refractivity contribution in [3.05, 3.63) is 66.2 Å². The van der Waals surface area contributed by atoms with Gasteiger partial charge < -0.3 is 10.6 Å². The minimum atomic E-state index is -0.115. The van der Waals surface area contributed by atoms with Crippen LogP contribution in [0.1, 0.15) is 26.3 Å². The molecule has 0 spiro atoms. The monoisotopic (exact) mass is 332 g/mol. The van der Waals surface area contributed by atoms with E-state index in [0.29, 0.717) is 5.95 Å². The van der Waals surface area contributed by atoms with Crippen molar-refractivity contribution in [2.24, 2.45) is 0 Å². The predicted molar refractivity (Wildman–Crippen MR) is 105 cm³/mol. The van der Waals surface area contributed by atoms with E-state index in [1.165, 1.54) is 5.56 Å². The number of hydrogen-bond acceptors (Lipinski definition) is 4. The van der Waals surface area contributed by atoms with E-state index in [2.05, 4.69) is 84.7 Å². The summed E-state index contributed by atoms with van der Waals surface area (Å²) in [5.74, 6) is 1.38. The van der Waals surface area contributed by atoms with E-state index in [4.69, 9.17) is 0 Å². The fourth-order valence-corrected chi connectivity index (χ4v) is 2.44. The Morgan fingerprint density at radius 3 is 2.16 bits per heavy atom. The maximum atomic E-state index is 4.68. The largest absolute Gasteiger partial charge is 0.350 e. The van der Waals surface area contributed by atoms with Gasteiger partial charge in [-0.05, 0) is 39.8 Å². The summed E-state index contributed by atoms with van der Waals surface area (Å²) in [6.07, 6.45) is 0. The van der Waals surface area contributed by atoms with Crippen LogP contribution in [0.25, 0.3) is 11.3 Å². The molecule has 0 radical (unpaired) electrons. The number of hydrogen-bond donors (Lipinski definition) is 2. The third-order valence-electron chi connectivity index (χ3n) is 3.61. The van der Waals surface area contributed by atoms with Gasteiger partial charge in [0.25, 0.3) is 0 Å². The van der Waals surface area contributed by atoms with Gasteiger partial charge in [0.05, 0.1) is 5.69 Å². The predicted octanol–water partition coefficient (Wildman–Crippen LogP) is 5.41. The van der Waals surface area contributed by atoms with Gasteiger partial charge >= 0.3 is 0 Å². The van der Waals surface area contributed by atoms with Gasteiger partial charge in [-0.15, -0.1) is 0 Å². The molecule has 1 heterocycles. The minimum absolute atomic E-state index is 0.115. The second-order valence-corrected chi connectivity index (χ2v) is 7.19. The number of nitrogens with zero attached hydrogens (tertiary/aromatic N) is 2. The van der Waals surface area contributed by atoms with Crippen molar-refractivity contribution >= 4 is 17.5 Å². The van der Waals surface area contributed by atoms with E-state index in [1.807, 2.05) is 24.3 Å². The molecule has 3 rings (SSSR count). The first kappa shape index (κ1) is 17.0. The van der Waals surface area contributed by atoms with Crippen molar-refractivity contribution in [3.63, 3.8) is 0 Å². The van der Waals surface area contributed by atoms with Crippen LogP contribution in [0.4, 0.5) is 17.5 Å². The van der Waals surface area contributed by atoms with Crippen molar-refractivity contribution in [2.45, 2.75) is 33.2 Å². The highest BCUT2D eigenvalue weighted by Gasteiger charge is 2.14. The zero-order valence-electron chi connectivity index (χ0n) is 15.2. The molecule has 3 aromatic rings. The standard InChI is InChI=1S/C21H24N4/c1-15-10-12-17(13-11-15)22-19-14-18(16-8-6-5-7-9-16)23-20(24-19)25-21(2,3)4/h5-14H,1-4H3,(H2,22,23,24,25). The fourth-order valence-electron chi connectivity index (χ4n) is 2.44. The summed E-state index contributed by atoms with van der Waals surface area (Å²) in [6, 6.07) is 20.4. The van der Waals surface area contributed by atoms with Gasteiger partial charge in [0, 0.05) is 22.9 Å². The second-order valence-electron chi connectivity index (χ2n) is 7.19. The minimum Gasteiger partial charge on any atom is -0.350 e. The van der Waals surface area contributed by atoms with Crippen molar-refractivity contribution < 1.29 is 0 Å². The molecule has 4 nitrogen and oxygen atoms in total. The fraction of sp³-hybridized carbons (Fsp3) is 0.238. The molecule has 2 N–H and O–H groups in total. The summed E-state index contributed by atoms with van der Waals surface area (Å²) < 4.78 is 0. The lowest BCUT2D eigenvalue weighted by atomic mass is 10.1. The average Bonchev–Trinajstić information content (AvgIpc) is 2.56. The van der Waals surface area contributed by atoms with Crippen LogP contribution >= 0.6 is 0 Å². The summed E-state index contributed by atoms with van der Waals surface area (Å²) in [4.78, 5) is 9.31. The Bertz CT molecular complexity index is 834. The molecule has 128 valence electrons. The first-order valence-electron chi connectivity index (χ1n) is 8.45. The molecule has 0 aliphatic carbocycles. The molecule has 0 amide bonds. The lowest BCUT2D eigenvalue weighted by Gasteiger charge is -2.21. The van der Waals surface area contributed by atoms with Crippen LogP contribution < -0.4 is 10.6 Å². The van der Waals surface area contributed by atoms with E-state index in [0.717, 1.165) is 22.8 Å². The molecule has 2 aromatic carbocycles. The smallest absolute Gasteiger partial charge is 0.225 e. The van der Waals surface area contributed by atoms with E-state index in [1.54, 1.807) is 0 Å². The molecule has 0 saturated heterocycles. The maximum absolute atomic E-state index is 4.68. The quantitative estimate of drug-likeness (QED) is 0.671. The van der Waals surface area contributed by atoms with Gasteiger partial charge in [-0.2, -0.15) is 4.98 Å². The lowest BCUT2D eigenvalue weighted by Crippen LogP contribution is -2.27. The molecule has 0 saturated carbocycles. The molecular weight excluding hydrogens is 308 g/mol. The second kappa shape index (κ2) is 6.93. The molecule has 1 aromatic heterocycles. The van der Waals surface area contributed by atoms with Crippen LogP contribution in [0.5, 0.6) is 0 Å². The van der Waals surface area contributed by atoms with Crippen LogP contribution in [0, 0.1) is 6.92 Å². The average molecular weight is 332 g/mol. The number of aromatic nitrogens is 2. The maximum Gasteiger partial charge on any atom is 0.225 e.